The maximum atomic E-state index is 12.5. The minimum absolute atomic E-state index is 0.0740. The third kappa shape index (κ3) is 4.91. The van der Waals surface area contributed by atoms with E-state index in [4.69, 9.17) is 4.74 Å². The van der Waals surface area contributed by atoms with Crippen LogP contribution in [0.5, 0.6) is 5.75 Å². The standard InChI is InChI=1S/C17H15NO6/c1-12(19)24-17-8-3-2-7-15(17)16(20)10-13-5-4-6-14(9-13)11-23-18(21)22/h2-9H,10-11H2,1H3. The number of carbonyl (C=O) groups is 2. The number of hydrogen-bond donors (Lipinski definition) is 0. The van der Waals surface area contributed by atoms with Gasteiger partial charge in [0.05, 0.1) is 5.56 Å². The Morgan fingerprint density at radius 2 is 1.79 bits per heavy atom. The summed E-state index contributed by atoms with van der Waals surface area (Å²) in [5.41, 5.74) is 1.58. The van der Waals surface area contributed by atoms with Crippen molar-refractivity contribution in [3.8, 4) is 5.75 Å². The molecule has 7 heteroatoms. The molecule has 2 aromatic carbocycles. The normalized spacial score (nSPS) is 10.0. The molecule has 0 fully saturated rings. The van der Waals surface area contributed by atoms with E-state index in [2.05, 4.69) is 4.84 Å². The number of esters is 1. The van der Waals surface area contributed by atoms with Gasteiger partial charge in [-0.2, -0.15) is 0 Å². The summed E-state index contributed by atoms with van der Waals surface area (Å²) in [6.07, 6.45) is 0.0740. The van der Waals surface area contributed by atoms with Gasteiger partial charge in [-0.05, 0) is 23.3 Å². The third-order valence-electron chi connectivity index (χ3n) is 3.13. The molecular formula is C17H15NO6. The second-order valence-corrected chi connectivity index (χ2v) is 5.01. The predicted octanol–water partition coefficient (Wildman–Crippen LogP) is 2.75. The van der Waals surface area contributed by atoms with Crippen molar-refractivity contribution in [2.75, 3.05) is 0 Å². The molecule has 0 aliphatic carbocycles. The monoisotopic (exact) mass is 329 g/mol. The quantitative estimate of drug-likeness (QED) is 0.255. The van der Waals surface area contributed by atoms with Gasteiger partial charge in [0.1, 0.15) is 12.4 Å². The smallest absolute Gasteiger partial charge is 0.308 e. The largest absolute Gasteiger partial charge is 0.426 e. The summed E-state index contributed by atoms with van der Waals surface area (Å²) < 4.78 is 5.04. The van der Waals surface area contributed by atoms with Crippen molar-refractivity contribution in [3.05, 3.63) is 75.3 Å². The van der Waals surface area contributed by atoms with Crippen LogP contribution in [0.2, 0.25) is 0 Å². The highest BCUT2D eigenvalue weighted by molar-refractivity contribution is 6.00. The molecule has 24 heavy (non-hydrogen) atoms. The Morgan fingerprint density at radius 3 is 2.50 bits per heavy atom. The average molecular weight is 329 g/mol. The Hall–Kier alpha value is -3.22. The van der Waals surface area contributed by atoms with Crippen LogP contribution in [0.25, 0.3) is 0 Å². The summed E-state index contributed by atoms with van der Waals surface area (Å²) >= 11 is 0. The molecule has 0 unspecified atom stereocenters. The van der Waals surface area contributed by atoms with E-state index in [1.165, 1.54) is 6.92 Å². The van der Waals surface area contributed by atoms with Gasteiger partial charge in [0.15, 0.2) is 5.78 Å². The summed E-state index contributed by atoms with van der Waals surface area (Å²) in [5, 5.41) is 9.37. The molecule has 0 N–H and O–H groups in total. The third-order valence-corrected chi connectivity index (χ3v) is 3.13. The molecule has 0 bridgehead atoms. The number of nitrogens with zero attached hydrogens (tertiary/aromatic N) is 1. The Kier molecular flexibility index (Phi) is 5.62. The van der Waals surface area contributed by atoms with E-state index in [0.29, 0.717) is 16.7 Å². The van der Waals surface area contributed by atoms with Gasteiger partial charge < -0.3 is 9.57 Å². The number of carbonyl (C=O) groups excluding carboxylic acids is 2. The number of benzene rings is 2. The maximum absolute atomic E-state index is 12.5. The molecule has 0 amide bonds. The fraction of sp³-hybridized carbons (Fsp3) is 0.176. The highest BCUT2D eigenvalue weighted by atomic mass is 16.9. The topological polar surface area (TPSA) is 95.7 Å². The van der Waals surface area contributed by atoms with Crippen LogP contribution < -0.4 is 4.74 Å². The van der Waals surface area contributed by atoms with Crippen molar-refractivity contribution in [1.82, 2.24) is 0 Å². The molecule has 0 spiro atoms. The molecule has 0 saturated carbocycles. The fourth-order valence-electron chi connectivity index (χ4n) is 2.18. The van der Waals surface area contributed by atoms with Gasteiger partial charge in [0.2, 0.25) is 0 Å². The molecular weight excluding hydrogens is 314 g/mol. The van der Waals surface area contributed by atoms with Gasteiger partial charge in [-0.3, -0.25) is 9.59 Å². The van der Waals surface area contributed by atoms with E-state index in [0.717, 1.165) is 0 Å². The van der Waals surface area contributed by atoms with Crippen LogP contribution in [0.1, 0.15) is 28.4 Å². The zero-order valence-electron chi connectivity index (χ0n) is 12.9. The lowest BCUT2D eigenvalue weighted by atomic mass is 10.0. The highest BCUT2D eigenvalue weighted by Gasteiger charge is 2.14. The summed E-state index contributed by atoms with van der Waals surface area (Å²) in [7, 11) is 0. The Bertz CT molecular complexity index is 771. The first-order valence-corrected chi connectivity index (χ1v) is 7.11. The molecule has 0 radical (unpaired) electrons. The summed E-state index contributed by atoms with van der Waals surface area (Å²) in [5.74, 6) is -0.517. The van der Waals surface area contributed by atoms with Crippen molar-refractivity contribution in [2.24, 2.45) is 0 Å². The van der Waals surface area contributed by atoms with E-state index in [1.54, 1.807) is 48.5 Å². The Balaban J connectivity index is 2.14. The zero-order chi connectivity index (χ0) is 17.5. The fourth-order valence-corrected chi connectivity index (χ4v) is 2.18. The van der Waals surface area contributed by atoms with Gasteiger partial charge in [-0.15, -0.1) is 10.1 Å². The van der Waals surface area contributed by atoms with Gasteiger partial charge in [-0.1, -0.05) is 36.4 Å². The number of Topliss-reactive ketones (excluding diaryl/α,β-unsaturated/α-hetero) is 1. The second-order valence-electron chi connectivity index (χ2n) is 5.01. The van der Waals surface area contributed by atoms with Crippen molar-refractivity contribution in [3.63, 3.8) is 0 Å². The number of para-hydroxylation sites is 1. The van der Waals surface area contributed by atoms with E-state index in [1.807, 2.05) is 0 Å². The molecule has 0 atom stereocenters. The van der Waals surface area contributed by atoms with Crippen LogP contribution in [0, 0.1) is 10.1 Å². The minimum atomic E-state index is -0.868. The molecule has 7 nitrogen and oxygen atoms in total. The van der Waals surface area contributed by atoms with Crippen LogP contribution in [-0.2, 0) is 22.7 Å². The average Bonchev–Trinajstić information content (AvgIpc) is 2.53. The first-order chi connectivity index (χ1) is 11.5. The first-order valence-electron chi connectivity index (χ1n) is 7.11. The lowest BCUT2D eigenvalue weighted by molar-refractivity contribution is -0.763. The molecule has 0 heterocycles. The summed E-state index contributed by atoms with van der Waals surface area (Å²) in [6.45, 7) is 1.08. The van der Waals surface area contributed by atoms with Crippen LogP contribution in [0.4, 0.5) is 0 Å². The maximum Gasteiger partial charge on any atom is 0.308 e. The second kappa shape index (κ2) is 7.87. The molecule has 0 saturated heterocycles. The molecule has 0 aliphatic rings. The van der Waals surface area contributed by atoms with Gasteiger partial charge >= 0.3 is 5.97 Å². The molecule has 0 aliphatic heterocycles. The predicted molar refractivity (Wildman–Crippen MR) is 84.0 cm³/mol. The van der Waals surface area contributed by atoms with Gasteiger partial charge in [0, 0.05) is 13.3 Å². The minimum Gasteiger partial charge on any atom is -0.426 e. The number of ether oxygens (including phenoxy) is 1. The van der Waals surface area contributed by atoms with E-state index < -0.39 is 11.1 Å². The van der Waals surface area contributed by atoms with E-state index >= 15 is 0 Å². The van der Waals surface area contributed by atoms with Crippen LogP contribution in [0.3, 0.4) is 0 Å². The summed E-state index contributed by atoms with van der Waals surface area (Å²) in [6, 6.07) is 13.3. The molecule has 124 valence electrons. The van der Waals surface area contributed by atoms with E-state index in [-0.39, 0.29) is 24.6 Å². The first kappa shape index (κ1) is 17.1. The van der Waals surface area contributed by atoms with Crippen molar-refractivity contribution >= 4 is 11.8 Å². The van der Waals surface area contributed by atoms with Crippen LogP contribution in [-0.4, -0.2) is 16.8 Å². The zero-order valence-corrected chi connectivity index (χ0v) is 12.9. The van der Waals surface area contributed by atoms with Gasteiger partial charge in [0.25, 0.3) is 5.09 Å². The van der Waals surface area contributed by atoms with Gasteiger partial charge in [-0.25, -0.2) is 0 Å². The van der Waals surface area contributed by atoms with Crippen LogP contribution in [0.15, 0.2) is 48.5 Å². The van der Waals surface area contributed by atoms with Crippen LogP contribution >= 0.6 is 0 Å². The van der Waals surface area contributed by atoms with Crippen molar-refractivity contribution in [1.29, 1.82) is 0 Å². The molecule has 0 aromatic heterocycles. The lowest BCUT2D eigenvalue weighted by Crippen LogP contribution is -2.10. The Labute approximate surface area is 137 Å². The lowest BCUT2D eigenvalue weighted by Gasteiger charge is -2.08. The van der Waals surface area contributed by atoms with Crippen molar-refractivity contribution in [2.45, 2.75) is 20.0 Å². The molecule has 2 aromatic rings. The number of ketones is 1. The Morgan fingerprint density at radius 1 is 1.08 bits per heavy atom. The number of rotatable bonds is 7. The van der Waals surface area contributed by atoms with E-state index in [9.17, 15) is 19.7 Å². The number of hydrogen-bond acceptors (Lipinski definition) is 6. The SMILES string of the molecule is CC(=O)Oc1ccccc1C(=O)Cc1cccc(CO[N+](=O)[O-])c1. The van der Waals surface area contributed by atoms with Crippen molar-refractivity contribution < 1.29 is 24.3 Å². The highest BCUT2D eigenvalue weighted by Crippen LogP contribution is 2.20. The molecule has 2 rings (SSSR count). The summed E-state index contributed by atoms with van der Waals surface area (Å²) in [4.78, 5) is 38.1.